The largest absolute Gasteiger partial charge is 0.320 e. The standard InChI is InChI=1S/C8H14N2S/c1-4-8(3,9)7-10-6(2)5-11-7/h5H,4,9H2,1-3H3. The summed E-state index contributed by atoms with van der Waals surface area (Å²) in [6.07, 6.45) is 0.931. The maximum atomic E-state index is 6.00. The number of aromatic nitrogens is 1. The van der Waals surface area contributed by atoms with E-state index >= 15 is 0 Å². The van der Waals surface area contributed by atoms with E-state index in [1.54, 1.807) is 11.3 Å². The smallest absolute Gasteiger partial charge is 0.112 e. The number of nitrogens with zero attached hydrogens (tertiary/aromatic N) is 1. The second-order valence-corrected chi connectivity index (χ2v) is 3.92. The molecule has 11 heavy (non-hydrogen) atoms. The summed E-state index contributed by atoms with van der Waals surface area (Å²) < 4.78 is 0. The Bertz CT molecular complexity index is 240. The Kier molecular flexibility index (Phi) is 2.30. The Hall–Kier alpha value is -0.410. The average molecular weight is 170 g/mol. The summed E-state index contributed by atoms with van der Waals surface area (Å²) >= 11 is 1.64. The lowest BCUT2D eigenvalue weighted by Gasteiger charge is -2.18. The van der Waals surface area contributed by atoms with Crippen molar-refractivity contribution in [2.24, 2.45) is 5.73 Å². The van der Waals surface area contributed by atoms with Gasteiger partial charge in [-0.25, -0.2) is 4.98 Å². The molecule has 1 unspecified atom stereocenters. The molecule has 0 aliphatic heterocycles. The van der Waals surface area contributed by atoms with E-state index in [1.807, 2.05) is 19.2 Å². The highest BCUT2D eigenvalue weighted by Gasteiger charge is 2.21. The Morgan fingerprint density at radius 2 is 2.36 bits per heavy atom. The Morgan fingerprint density at radius 1 is 1.73 bits per heavy atom. The molecule has 0 radical (unpaired) electrons. The molecule has 0 spiro atoms. The van der Waals surface area contributed by atoms with Gasteiger partial charge in [-0.15, -0.1) is 11.3 Å². The number of hydrogen-bond acceptors (Lipinski definition) is 3. The minimum absolute atomic E-state index is 0.237. The van der Waals surface area contributed by atoms with Gasteiger partial charge in [0, 0.05) is 11.1 Å². The predicted octanol–water partition coefficient (Wildman–Crippen LogP) is 2.04. The van der Waals surface area contributed by atoms with Gasteiger partial charge in [-0.3, -0.25) is 0 Å². The minimum Gasteiger partial charge on any atom is -0.320 e. The maximum Gasteiger partial charge on any atom is 0.112 e. The molecule has 1 atom stereocenters. The van der Waals surface area contributed by atoms with Gasteiger partial charge in [-0.1, -0.05) is 6.92 Å². The first kappa shape index (κ1) is 8.68. The van der Waals surface area contributed by atoms with Crippen molar-refractivity contribution >= 4 is 11.3 Å². The van der Waals surface area contributed by atoms with Crippen LogP contribution in [-0.4, -0.2) is 4.98 Å². The Balaban J connectivity index is 2.92. The lowest BCUT2D eigenvalue weighted by atomic mass is 10.0. The highest BCUT2D eigenvalue weighted by atomic mass is 32.1. The van der Waals surface area contributed by atoms with Crippen LogP contribution >= 0.6 is 11.3 Å². The van der Waals surface area contributed by atoms with E-state index in [4.69, 9.17) is 5.73 Å². The topological polar surface area (TPSA) is 38.9 Å². The van der Waals surface area contributed by atoms with E-state index in [9.17, 15) is 0 Å². The number of hydrogen-bond donors (Lipinski definition) is 1. The SMILES string of the molecule is CCC(C)(N)c1nc(C)cs1. The van der Waals surface area contributed by atoms with Gasteiger partial charge in [0.1, 0.15) is 5.01 Å². The van der Waals surface area contributed by atoms with Crippen LogP contribution in [0.25, 0.3) is 0 Å². The predicted molar refractivity (Wildman–Crippen MR) is 48.7 cm³/mol. The van der Waals surface area contributed by atoms with Crippen LogP contribution in [0.3, 0.4) is 0 Å². The number of rotatable bonds is 2. The van der Waals surface area contributed by atoms with Gasteiger partial charge in [0.25, 0.3) is 0 Å². The van der Waals surface area contributed by atoms with E-state index in [-0.39, 0.29) is 5.54 Å². The molecule has 1 heterocycles. The van der Waals surface area contributed by atoms with E-state index in [0.717, 1.165) is 17.1 Å². The summed E-state index contributed by atoms with van der Waals surface area (Å²) in [5, 5.41) is 3.08. The fourth-order valence-corrected chi connectivity index (χ4v) is 1.71. The molecule has 1 aromatic rings. The first-order valence-electron chi connectivity index (χ1n) is 3.78. The highest BCUT2D eigenvalue weighted by Crippen LogP contribution is 2.24. The van der Waals surface area contributed by atoms with Crippen LogP contribution in [0, 0.1) is 6.92 Å². The van der Waals surface area contributed by atoms with E-state index in [2.05, 4.69) is 11.9 Å². The molecule has 3 heteroatoms. The number of nitrogens with two attached hydrogens (primary N) is 1. The Labute approximate surface area is 71.5 Å². The molecule has 2 nitrogen and oxygen atoms in total. The van der Waals surface area contributed by atoms with Crippen LogP contribution in [0.15, 0.2) is 5.38 Å². The van der Waals surface area contributed by atoms with Gasteiger partial charge in [0.15, 0.2) is 0 Å². The molecule has 0 aliphatic rings. The van der Waals surface area contributed by atoms with Crippen molar-refractivity contribution in [3.63, 3.8) is 0 Å². The summed E-state index contributed by atoms with van der Waals surface area (Å²) in [5.41, 5.74) is 6.83. The van der Waals surface area contributed by atoms with Gasteiger partial charge in [-0.05, 0) is 20.3 Å². The lowest BCUT2D eigenvalue weighted by molar-refractivity contribution is 0.473. The van der Waals surface area contributed by atoms with Crippen molar-refractivity contribution in [2.75, 3.05) is 0 Å². The molecule has 0 bridgehead atoms. The van der Waals surface area contributed by atoms with Crippen LogP contribution < -0.4 is 5.73 Å². The normalized spacial score (nSPS) is 16.4. The van der Waals surface area contributed by atoms with Crippen LogP contribution in [0.2, 0.25) is 0 Å². The van der Waals surface area contributed by atoms with Crippen molar-refractivity contribution in [1.82, 2.24) is 4.98 Å². The molecule has 0 saturated heterocycles. The second-order valence-electron chi connectivity index (χ2n) is 3.07. The highest BCUT2D eigenvalue weighted by molar-refractivity contribution is 7.09. The molecule has 0 amide bonds. The lowest BCUT2D eigenvalue weighted by Crippen LogP contribution is -2.31. The third-order valence-corrected chi connectivity index (χ3v) is 3.08. The molecule has 2 N–H and O–H groups in total. The zero-order valence-corrected chi connectivity index (χ0v) is 8.03. The van der Waals surface area contributed by atoms with Gasteiger partial charge < -0.3 is 5.73 Å². The zero-order chi connectivity index (χ0) is 8.48. The van der Waals surface area contributed by atoms with Crippen LogP contribution in [0.5, 0.6) is 0 Å². The first-order chi connectivity index (χ1) is 5.06. The van der Waals surface area contributed by atoms with E-state index < -0.39 is 0 Å². The molecule has 62 valence electrons. The summed E-state index contributed by atoms with van der Waals surface area (Å²) in [6.45, 7) is 6.09. The fourth-order valence-electron chi connectivity index (χ4n) is 0.768. The third-order valence-electron chi connectivity index (χ3n) is 1.84. The zero-order valence-electron chi connectivity index (χ0n) is 7.22. The van der Waals surface area contributed by atoms with E-state index in [0.29, 0.717) is 0 Å². The average Bonchev–Trinajstić information content (AvgIpc) is 2.36. The summed E-state index contributed by atoms with van der Waals surface area (Å²) in [6, 6.07) is 0. The monoisotopic (exact) mass is 170 g/mol. The second kappa shape index (κ2) is 2.91. The van der Waals surface area contributed by atoms with Gasteiger partial charge in [-0.2, -0.15) is 0 Å². The van der Waals surface area contributed by atoms with Crippen molar-refractivity contribution in [1.29, 1.82) is 0 Å². The Morgan fingerprint density at radius 3 is 2.73 bits per heavy atom. The van der Waals surface area contributed by atoms with Gasteiger partial charge >= 0.3 is 0 Å². The molecule has 0 fully saturated rings. The summed E-state index contributed by atoms with van der Waals surface area (Å²) in [4.78, 5) is 4.35. The molecule has 1 aromatic heterocycles. The minimum atomic E-state index is -0.237. The van der Waals surface area contributed by atoms with Crippen LogP contribution in [-0.2, 0) is 5.54 Å². The van der Waals surface area contributed by atoms with Crippen molar-refractivity contribution in [3.8, 4) is 0 Å². The van der Waals surface area contributed by atoms with Gasteiger partial charge in [0.2, 0.25) is 0 Å². The molecule has 0 aliphatic carbocycles. The quantitative estimate of drug-likeness (QED) is 0.737. The number of thiazole rings is 1. The third kappa shape index (κ3) is 1.79. The molecule has 1 rings (SSSR count). The van der Waals surface area contributed by atoms with Crippen LogP contribution in [0.1, 0.15) is 31.0 Å². The van der Waals surface area contributed by atoms with E-state index in [1.165, 1.54) is 0 Å². The van der Waals surface area contributed by atoms with Crippen LogP contribution in [0.4, 0.5) is 0 Å². The first-order valence-corrected chi connectivity index (χ1v) is 4.65. The van der Waals surface area contributed by atoms with Crippen molar-refractivity contribution < 1.29 is 0 Å². The summed E-state index contributed by atoms with van der Waals surface area (Å²) in [5.74, 6) is 0. The molecule has 0 aromatic carbocycles. The van der Waals surface area contributed by atoms with Crippen molar-refractivity contribution in [3.05, 3.63) is 16.1 Å². The molecular weight excluding hydrogens is 156 g/mol. The fraction of sp³-hybridized carbons (Fsp3) is 0.625. The van der Waals surface area contributed by atoms with Gasteiger partial charge in [0.05, 0.1) is 5.54 Å². The van der Waals surface area contributed by atoms with Crippen molar-refractivity contribution in [2.45, 2.75) is 32.7 Å². The molecule has 0 saturated carbocycles. The molecular formula is C8H14N2S. The number of aryl methyl sites for hydroxylation is 1. The maximum absolute atomic E-state index is 6.00. The summed E-state index contributed by atoms with van der Waals surface area (Å²) in [7, 11) is 0.